The fourth-order valence-corrected chi connectivity index (χ4v) is 6.05. The molecular formula is C40H83NO2. The number of carbonyl (C=O) groups is 1. The van der Waals surface area contributed by atoms with Gasteiger partial charge >= 0.3 is 5.97 Å². The average Bonchev–Trinajstić information content (AvgIpc) is 3.00. The Bertz CT molecular complexity index is 465. The minimum atomic E-state index is -0.651. The number of aliphatic carboxylic acids is 1. The zero-order valence-electron chi connectivity index (χ0n) is 30.1. The standard InChI is InChI=1S/C22H44O2.C18H39N/c1-2-3-4-5-6-7-8-9-10-11-12-13-14-15-16-17-18-19-20-21-22(23)24;1-2-3-4-5-6-7-8-9-10-11-12-13-14-15-16-17-18-19/h2-21H2,1H3,(H,23,24);2-19H2,1H3. The number of rotatable bonds is 36. The molecule has 0 spiro atoms. The van der Waals surface area contributed by atoms with Gasteiger partial charge in [0, 0.05) is 6.42 Å². The van der Waals surface area contributed by atoms with Crippen LogP contribution < -0.4 is 5.73 Å². The van der Waals surface area contributed by atoms with Gasteiger partial charge in [-0.2, -0.15) is 0 Å². The molecule has 0 saturated carbocycles. The lowest BCUT2D eigenvalue weighted by molar-refractivity contribution is -0.137. The molecule has 3 nitrogen and oxygen atoms in total. The van der Waals surface area contributed by atoms with Crippen molar-refractivity contribution in [2.75, 3.05) is 6.54 Å². The van der Waals surface area contributed by atoms with E-state index in [1.165, 1.54) is 212 Å². The third-order valence-corrected chi connectivity index (χ3v) is 9.05. The summed E-state index contributed by atoms with van der Waals surface area (Å²) in [6.45, 7) is 5.45. The maximum Gasteiger partial charge on any atom is 0.303 e. The van der Waals surface area contributed by atoms with E-state index in [1.807, 2.05) is 0 Å². The molecule has 0 amide bonds. The van der Waals surface area contributed by atoms with Crippen LogP contribution in [0.15, 0.2) is 0 Å². The number of carboxylic acids is 1. The van der Waals surface area contributed by atoms with E-state index in [1.54, 1.807) is 0 Å². The molecule has 0 bridgehead atoms. The summed E-state index contributed by atoms with van der Waals surface area (Å²) in [4.78, 5) is 10.4. The lowest BCUT2D eigenvalue weighted by atomic mass is 10.0. The van der Waals surface area contributed by atoms with E-state index in [0.29, 0.717) is 6.42 Å². The largest absolute Gasteiger partial charge is 0.481 e. The van der Waals surface area contributed by atoms with Gasteiger partial charge in [0.15, 0.2) is 0 Å². The highest BCUT2D eigenvalue weighted by molar-refractivity contribution is 5.66. The fourth-order valence-electron chi connectivity index (χ4n) is 6.05. The Kier molecular flexibility index (Phi) is 45.1. The van der Waals surface area contributed by atoms with Gasteiger partial charge in [0.2, 0.25) is 0 Å². The van der Waals surface area contributed by atoms with Crippen molar-refractivity contribution in [3.63, 3.8) is 0 Å². The van der Waals surface area contributed by atoms with Crippen molar-refractivity contribution in [2.24, 2.45) is 5.73 Å². The number of carboxylic acid groups (broad SMARTS) is 1. The van der Waals surface area contributed by atoms with Gasteiger partial charge in [-0.05, 0) is 19.4 Å². The monoisotopic (exact) mass is 610 g/mol. The Morgan fingerprint density at radius 1 is 0.349 bits per heavy atom. The second-order valence-electron chi connectivity index (χ2n) is 13.6. The first-order valence-corrected chi connectivity index (χ1v) is 20.1. The van der Waals surface area contributed by atoms with E-state index in [-0.39, 0.29) is 0 Å². The second-order valence-corrected chi connectivity index (χ2v) is 13.6. The average molecular weight is 610 g/mol. The summed E-state index contributed by atoms with van der Waals surface area (Å²) in [5.41, 5.74) is 5.48. The van der Waals surface area contributed by atoms with E-state index in [2.05, 4.69) is 13.8 Å². The van der Waals surface area contributed by atoms with Crippen LogP contribution >= 0.6 is 0 Å². The number of unbranched alkanes of at least 4 members (excludes halogenated alkanes) is 33. The summed E-state index contributed by atoms with van der Waals surface area (Å²) in [6.07, 6.45) is 48.9. The molecule has 3 N–H and O–H groups in total. The molecule has 0 rings (SSSR count). The van der Waals surface area contributed by atoms with E-state index in [9.17, 15) is 4.79 Å². The summed E-state index contributed by atoms with van der Waals surface area (Å²) in [5.74, 6) is -0.651. The first-order valence-electron chi connectivity index (χ1n) is 20.1. The third-order valence-electron chi connectivity index (χ3n) is 9.05. The van der Waals surface area contributed by atoms with E-state index in [0.717, 1.165) is 19.4 Å². The van der Waals surface area contributed by atoms with Crippen LogP contribution in [0.3, 0.4) is 0 Å². The van der Waals surface area contributed by atoms with Crippen LogP contribution in [0.4, 0.5) is 0 Å². The molecule has 0 saturated heterocycles. The lowest BCUT2D eigenvalue weighted by Crippen LogP contribution is -1.97. The number of hydrogen-bond acceptors (Lipinski definition) is 2. The minimum absolute atomic E-state index is 0.346. The first kappa shape index (κ1) is 44.6. The van der Waals surface area contributed by atoms with Crippen molar-refractivity contribution >= 4 is 5.97 Å². The van der Waals surface area contributed by atoms with Crippen LogP contribution in [0.2, 0.25) is 0 Å². The molecule has 3 heteroatoms. The fraction of sp³-hybridized carbons (Fsp3) is 0.975. The summed E-state index contributed by atoms with van der Waals surface area (Å²) in [6, 6.07) is 0. The van der Waals surface area contributed by atoms with Gasteiger partial charge in [-0.15, -0.1) is 0 Å². The smallest absolute Gasteiger partial charge is 0.303 e. The zero-order chi connectivity index (χ0) is 31.7. The molecule has 0 aliphatic carbocycles. The first-order chi connectivity index (χ1) is 21.2. The maximum atomic E-state index is 10.4. The van der Waals surface area contributed by atoms with Crippen molar-refractivity contribution in [3.8, 4) is 0 Å². The molecule has 0 radical (unpaired) electrons. The number of nitrogens with two attached hydrogens (primary N) is 1. The quantitative estimate of drug-likeness (QED) is 0.0694. The Labute approximate surface area is 272 Å². The van der Waals surface area contributed by atoms with E-state index in [4.69, 9.17) is 10.8 Å². The van der Waals surface area contributed by atoms with E-state index >= 15 is 0 Å². The number of hydrogen-bond donors (Lipinski definition) is 2. The highest BCUT2D eigenvalue weighted by Gasteiger charge is 1.98. The SMILES string of the molecule is CCCCCCCCCCCCCCCCCCCCCC(=O)O.CCCCCCCCCCCCCCCCCCN. The molecule has 0 heterocycles. The van der Waals surface area contributed by atoms with E-state index < -0.39 is 5.97 Å². The Morgan fingerprint density at radius 3 is 0.721 bits per heavy atom. The Balaban J connectivity index is 0. The van der Waals surface area contributed by atoms with Gasteiger partial charge < -0.3 is 10.8 Å². The van der Waals surface area contributed by atoms with Crippen LogP contribution in [-0.4, -0.2) is 17.6 Å². The van der Waals surface area contributed by atoms with Gasteiger partial charge in [0.05, 0.1) is 0 Å². The normalized spacial score (nSPS) is 11.0. The Hall–Kier alpha value is -0.570. The van der Waals surface area contributed by atoms with Gasteiger partial charge in [-0.25, -0.2) is 0 Å². The molecule has 43 heavy (non-hydrogen) atoms. The Morgan fingerprint density at radius 2 is 0.535 bits per heavy atom. The molecule has 0 aromatic rings. The highest BCUT2D eigenvalue weighted by Crippen LogP contribution is 2.15. The summed E-state index contributed by atoms with van der Waals surface area (Å²) in [7, 11) is 0. The van der Waals surface area contributed by atoms with Crippen LogP contribution in [0.25, 0.3) is 0 Å². The molecule has 0 atom stereocenters. The molecule has 0 aliphatic rings. The molecule has 260 valence electrons. The topological polar surface area (TPSA) is 63.3 Å². The van der Waals surface area contributed by atoms with Crippen molar-refractivity contribution < 1.29 is 9.90 Å². The molecule has 0 unspecified atom stereocenters. The summed E-state index contributed by atoms with van der Waals surface area (Å²) in [5, 5.41) is 8.56. The predicted octanol–water partition coefficient (Wildman–Crippen LogP) is 14.1. The highest BCUT2D eigenvalue weighted by atomic mass is 16.4. The maximum absolute atomic E-state index is 10.4. The zero-order valence-corrected chi connectivity index (χ0v) is 30.1. The molecular weight excluding hydrogens is 526 g/mol. The van der Waals surface area contributed by atoms with Crippen molar-refractivity contribution in [1.29, 1.82) is 0 Å². The molecule has 0 aromatic carbocycles. The van der Waals surface area contributed by atoms with Gasteiger partial charge in [-0.1, -0.05) is 226 Å². The third kappa shape index (κ3) is 48.5. The predicted molar refractivity (Wildman–Crippen MR) is 194 cm³/mol. The van der Waals surface area contributed by atoms with Crippen molar-refractivity contribution in [2.45, 2.75) is 245 Å². The molecule has 0 fully saturated rings. The van der Waals surface area contributed by atoms with Crippen LogP contribution in [0.1, 0.15) is 245 Å². The molecule has 0 aliphatic heterocycles. The van der Waals surface area contributed by atoms with Gasteiger partial charge in [0.1, 0.15) is 0 Å². The minimum Gasteiger partial charge on any atom is -0.481 e. The summed E-state index contributed by atoms with van der Waals surface area (Å²) >= 11 is 0. The van der Waals surface area contributed by atoms with Crippen LogP contribution in [0, 0.1) is 0 Å². The van der Waals surface area contributed by atoms with Crippen molar-refractivity contribution in [1.82, 2.24) is 0 Å². The lowest BCUT2D eigenvalue weighted by Gasteiger charge is -2.03. The van der Waals surface area contributed by atoms with Gasteiger partial charge in [-0.3, -0.25) is 4.79 Å². The van der Waals surface area contributed by atoms with Crippen LogP contribution in [-0.2, 0) is 4.79 Å². The van der Waals surface area contributed by atoms with Gasteiger partial charge in [0.25, 0.3) is 0 Å². The van der Waals surface area contributed by atoms with Crippen LogP contribution in [0.5, 0.6) is 0 Å². The second kappa shape index (κ2) is 43.6. The molecule has 0 aromatic heterocycles. The summed E-state index contributed by atoms with van der Waals surface area (Å²) < 4.78 is 0. The van der Waals surface area contributed by atoms with Crippen molar-refractivity contribution in [3.05, 3.63) is 0 Å².